The number of aromatic nitrogens is 2. The highest BCUT2D eigenvalue weighted by Gasteiger charge is 2.29. The first kappa shape index (κ1) is 15.5. The number of rotatable bonds is 3. The largest absolute Gasteiger partial charge is 0.379 e. The van der Waals surface area contributed by atoms with Gasteiger partial charge in [0.25, 0.3) is 0 Å². The molecule has 0 spiro atoms. The monoisotopic (exact) mass is 350 g/mol. The predicted molar refractivity (Wildman–Crippen MR) is 93.8 cm³/mol. The molecule has 0 bridgehead atoms. The lowest BCUT2D eigenvalue weighted by Gasteiger charge is -2.14. The lowest BCUT2D eigenvalue weighted by atomic mass is 10.0. The van der Waals surface area contributed by atoms with E-state index in [1.165, 1.54) is 6.20 Å². The van der Waals surface area contributed by atoms with E-state index in [0.717, 1.165) is 16.5 Å². The average Bonchev–Trinajstić information content (AvgIpc) is 2.95. The predicted octanol–water partition coefficient (Wildman–Crippen LogP) is 2.44. The second-order valence-corrected chi connectivity index (χ2v) is 7.95. The number of hydrogen-bond acceptors (Lipinski definition) is 6. The third kappa shape index (κ3) is 2.61. The first-order chi connectivity index (χ1) is 12.1. The number of anilines is 1. The van der Waals surface area contributed by atoms with Crippen LogP contribution in [0.15, 0.2) is 47.8 Å². The standard InChI is InChI=1S/C18H14N4O2S/c19-9-13-11-21-15-1-2-16-14(5-8-25(16,23)24)17(15)18(13)22-10-12-3-6-20-7-4-12/h1-4,6-7,11H,5,8,10H2,(H,21,22). The molecule has 0 fully saturated rings. The zero-order valence-electron chi connectivity index (χ0n) is 13.2. The molecule has 7 heteroatoms. The zero-order valence-corrected chi connectivity index (χ0v) is 14.0. The molecule has 1 N–H and O–H groups in total. The fraction of sp³-hybridized carbons (Fsp3) is 0.167. The van der Waals surface area contributed by atoms with Crippen LogP contribution in [0.2, 0.25) is 0 Å². The average molecular weight is 350 g/mol. The molecule has 1 aliphatic rings. The van der Waals surface area contributed by atoms with E-state index in [1.807, 2.05) is 12.1 Å². The Hall–Kier alpha value is -2.98. The third-order valence-corrected chi connectivity index (χ3v) is 6.19. The van der Waals surface area contributed by atoms with Crippen LogP contribution in [0.1, 0.15) is 16.7 Å². The Bertz CT molecular complexity index is 1120. The summed E-state index contributed by atoms with van der Waals surface area (Å²) in [5, 5.41) is 13.5. The van der Waals surface area contributed by atoms with Crippen LogP contribution in [0.5, 0.6) is 0 Å². The fourth-order valence-corrected chi connectivity index (χ4v) is 4.73. The molecule has 3 heterocycles. The first-order valence-electron chi connectivity index (χ1n) is 7.80. The molecule has 4 rings (SSSR count). The number of pyridine rings is 2. The second kappa shape index (κ2) is 5.83. The summed E-state index contributed by atoms with van der Waals surface area (Å²) in [4.78, 5) is 8.67. The van der Waals surface area contributed by atoms with Crippen molar-refractivity contribution in [1.29, 1.82) is 5.26 Å². The van der Waals surface area contributed by atoms with Gasteiger partial charge in [0.05, 0.1) is 27.4 Å². The SMILES string of the molecule is N#Cc1cnc2ccc3c(c2c1NCc1ccncc1)CCS3(=O)=O. The van der Waals surface area contributed by atoms with Gasteiger partial charge in [-0.3, -0.25) is 9.97 Å². The summed E-state index contributed by atoms with van der Waals surface area (Å²) in [6.07, 6.45) is 5.37. The molecule has 0 aliphatic carbocycles. The molecule has 3 aromatic rings. The summed E-state index contributed by atoms with van der Waals surface area (Å²) in [6.45, 7) is 0.507. The maximum Gasteiger partial charge on any atom is 0.179 e. The highest BCUT2D eigenvalue weighted by atomic mass is 32.2. The summed E-state index contributed by atoms with van der Waals surface area (Å²) in [7, 11) is -3.25. The number of hydrogen-bond donors (Lipinski definition) is 1. The van der Waals surface area contributed by atoms with Gasteiger partial charge >= 0.3 is 0 Å². The minimum Gasteiger partial charge on any atom is -0.379 e. The zero-order chi connectivity index (χ0) is 17.4. The van der Waals surface area contributed by atoms with Gasteiger partial charge in [0.2, 0.25) is 0 Å². The van der Waals surface area contributed by atoms with Gasteiger partial charge in [0, 0.05) is 30.5 Å². The summed E-state index contributed by atoms with van der Waals surface area (Å²) in [5.41, 5.74) is 3.49. The first-order valence-corrected chi connectivity index (χ1v) is 9.45. The molecule has 2 aromatic heterocycles. The minimum atomic E-state index is -3.25. The van der Waals surface area contributed by atoms with Crippen molar-refractivity contribution in [2.45, 2.75) is 17.9 Å². The molecule has 1 aliphatic heterocycles. The lowest BCUT2D eigenvalue weighted by molar-refractivity contribution is 0.600. The summed E-state index contributed by atoms with van der Waals surface area (Å²) < 4.78 is 24.5. The molecule has 0 saturated carbocycles. The molecule has 124 valence electrons. The van der Waals surface area contributed by atoms with Crippen molar-refractivity contribution in [2.75, 3.05) is 11.1 Å². The van der Waals surface area contributed by atoms with Gasteiger partial charge in [-0.25, -0.2) is 8.42 Å². The fourth-order valence-electron chi connectivity index (χ4n) is 3.18. The lowest BCUT2D eigenvalue weighted by Crippen LogP contribution is -2.04. The number of nitrogens with one attached hydrogen (secondary N) is 1. The van der Waals surface area contributed by atoms with Crippen molar-refractivity contribution < 1.29 is 8.42 Å². The van der Waals surface area contributed by atoms with Crippen LogP contribution < -0.4 is 5.32 Å². The van der Waals surface area contributed by atoms with E-state index in [0.29, 0.717) is 34.6 Å². The van der Waals surface area contributed by atoms with Crippen molar-refractivity contribution in [1.82, 2.24) is 9.97 Å². The van der Waals surface area contributed by atoms with Crippen molar-refractivity contribution in [2.24, 2.45) is 0 Å². The Morgan fingerprint density at radius 1 is 1.20 bits per heavy atom. The normalized spacial score (nSPS) is 14.8. The maximum atomic E-state index is 12.2. The van der Waals surface area contributed by atoms with Crippen molar-refractivity contribution in [3.63, 3.8) is 0 Å². The van der Waals surface area contributed by atoms with E-state index in [-0.39, 0.29) is 5.75 Å². The van der Waals surface area contributed by atoms with Gasteiger partial charge in [0.1, 0.15) is 6.07 Å². The Morgan fingerprint density at radius 3 is 2.76 bits per heavy atom. The molecule has 25 heavy (non-hydrogen) atoms. The van der Waals surface area contributed by atoms with Crippen molar-refractivity contribution in [3.8, 4) is 6.07 Å². The molecule has 0 unspecified atom stereocenters. The molecule has 6 nitrogen and oxygen atoms in total. The highest BCUT2D eigenvalue weighted by molar-refractivity contribution is 7.91. The molecular weight excluding hydrogens is 336 g/mol. The van der Waals surface area contributed by atoms with Crippen LogP contribution in [0.4, 0.5) is 5.69 Å². The molecule has 1 aromatic carbocycles. The van der Waals surface area contributed by atoms with Crippen LogP contribution >= 0.6 is 0 Å². The minimum absolute atomic E-state index is 0.0992. The third-order valence-electron chi connectivity index (χ3n) is 4.39. The topological polar surface area (TPSA) is 95.7 Å². The van der Waals surface area contributed by atoms with Crippen LogP contribution in [0, 0.1) is 11.3 Å². The highest BCUT2D eigenvalue weighted by Crippen LogP contribution is 2.37. The molecule has 0 saturated heterocycles. The summed E-state index contributed by atoms with van der Waals surface area (Å²) >= 11 is 0. The van der Waals surface area contributed by atoms with E-state index in [4.69, 9.17) is 0 Å². The van der Waals surface area contributed by atoms with Crippen LogP contribution in [-0.4, -0.2) is 24.1 Å². The summed E-state index contributed by atoms with van der Waals surface area (Å²) in [5.74, 6) is 0.0992. The van der Waals surface area contributed by atoms with E-state index >= 15 is 0 Å². The Morgan fingerprint density at radius 2 is 2.00 bits per heavy atom. The smallest absolute Gasteiger partial charge is 0.179 e. The van der Waals surface area contributed by atoms with Crippen LogP contribution in [0.25, 0.3) is 10.9 Å². The molecular formula is C18H14N4O2S. The van der Waals surface area contributed by atoms with E-state index in [1.54, 1.807) is 24.5 Å². The number of aryl methyl sites for hydroxylation is 1. The number of fused-ring (bicyclic) bond motifs is 3. The van der Waals surface area contributed by atoms with Crippen LogP contribution in [-0.2, 0) is 22.8 Å². The number of benzene rings is 1. The van der Waals surface area contributed by atoms with Gasteiger partial charge < -0.3 is 5.32 Å². The Kier molecular flexibility index (Phi) is 3.62. The number of nitrogens with zero attached hydrogens (tertiary/aromatic N) is 3. The summed E-state index contributed by atoms with van der Waals surface area (Å²) in [6, 6.07) is 9.24. The van der Waals surface area contributed by atoms with Gasteiger partial charge in [-0.05, 0) is 41.8 Å². The van der Waals surface area contributed by atoms with E-state index in [2.05, 4.69) is 21.4 Å². The van der Waals surface area contributed by atoms with Crippen molar-refractivity contribution >= 4 is 26.4 Å². The molecule has 0 atom stereocenters. The van der Waals surface area contributed by atoms with Gasteiger partial charge in [-0.15, -0.1) is 0 Å². The second-order valence-electron chi connectivity index (χ2n) is 5.87. The van der Waals surface area contributed by atoms with E-state index < -0.39 is 9.84 Å². The number of nitriles is 1. The maximum absolute atomic E-state index is 12.2. The van der Waals surface area contributed by atoms with Gasteiger partial charge in [-0.2, -0.15) is 5.26 Å². The number of sulfone groups is 1. The molecule has 0 radical (unpaired) electrons. The quantitative estimate of drug-likeness (QED) is 0.779. The van der Waals surface area contributed by atoms with Gasteiger partial charge in [-0.1, -0.05) is 0 Å². The van der Waals surface area contributed by atoms with Crippen LogP contribution in [0.3, 0.4) is 0 Å². The van der Waals surface area contributed by atoms with Crippen molar-refractivity contribution in [3.05, 3.63) is 59.5 Å². The van der Waals surface area contributed by atoms with Gasteiger partial charge in [0.15, 0.2) is 9.84 Å². The molecule has 0 amide bonds. The van der Waals surface area contributed by atoms with E-state index in [9.17, 15) is 13.7 Å². The Labute approximate surface area is 145 Å². The Balaban J connectivity index is 1.89.